The molecule has 0 bridgehead atoms. The van der Waals surface area contributed by atoms with Crippen molar-refractivity contribution in [2.24, 2.45) is 5.16 Å². The second-order valence-corrected chi connectivity index (χ2v) is 2.64. The van der Waals surface area contributed by atoms with E-state index in [2.05, 4.69) is 5.16 Å². The number of halogens is 1. The van der Waals surface area contributed by atoms with Crippen molar-refractivity contribution in [3.8, 4) is 11.5 Å². The van der Waals surface area contributed by atoms with E-state index < -0.39 is 0 Å². The molecule has 0 heterocycles. The summed E-state index contributed by atoms with van der Waals surface area (Å²) in [4.78, 5) is 0. The molecule has 0 aliphatic rings. The number of hydrogen-bond acceptors (Lipinski definition) is 4. The van der Waals surface area contributed by atoms with Crippen LogP contribution in [-0.2, 0) is 0 Å². The Morgan fingerprint density at radius 2 is 2.23 bits per heavy atom. The van der Waals surface area contributed by atoms with Crippen molar-refractivity contribution in [2.45, 2.75) is 0 Å². The summed E-state index contributed by atoms with van der Waals surface area (Å²) in [6, 6.07) is 3.10. The van der Waals surface area contributed by atoms with Crippen LogP contribution in [0.1, 0.15) is 5.56 Å². The number of phenols is 1. The van der Waals surface area contributed by atoms with Crippen LogP contribution in [-0.4, -0.2) is 23.6 Å². The molecule has 13 heavy (non-hydrogen) atoms. The number of hydrogen-bond donors (Lipinski definition) is 2. The minimum Gasteiger partial charge on any atom is -0.503 e. The molecule has 4 nitrogen and oxygen atoms in total. The zero-order valence-corrected chi connectivity index (χ0v) is 7.62. The van der Waals surface area contributed by atoms with Gasteiger partial charge in [0.15, 0.2) is 11.5 Å². The van der Waals surface area contributed by atoms with Gasteiger partial charge in [-0.1, -0.05) is 16.8 Å². The van der Waals surface area contributed by atoms with Gasteiger partial charge in [-0.15, -0.1) is 0 Å². The summed E-state index contributed by atoms with van der Waals surface area (Å²) in [7, 11) is 1.42. The molecule has 0 spiro atoms. The Balaban J connectivity index is 3.22. The molecule has 0 saturated heterocycles. The van der Waals surface area contributed by atoms with Crippen molar-refractivity contribution in [1.82, 2.24) is 0 Å². The zero-order valence-electron chi connectivity index (χ0n) is 6.86. The summed E-state index contributed by atoms with van der Waals surface area (Å²) in [5, 5.41) is 20.6. The van der Waals surface area contributed by atoms with Gasteiger partial charge >= 0.3 is 0 Å². The summed E-state index contributed by atoms with van der Waals surface area (Å²) >= 11 is 5.72. The molecular formula is C8H8ClNO3. The van der Waals surface area contributed by atoms with Crippen molar-refractivity contribution < 1.29 is 15.1 Å². The molecule has 0 aromatic heterocycles. The lowest BCUT2D eigenvalue weighted by molar-refractivity contribution is 0.322. The van der Waals surface area contributed by atoms with E-state index in [1.54, 1.807) is 6.07 Å². The van der Waals surface area contributed by atoms with Crippen molar-refractivity contribution in [3.05, 3.63) is 22.7 Å². The van der Waals surface area contributed by atoms with Gasteiger partial charge in [-0.05, 0) is 12.1 Å². The number of rotatable bonds is 2. The summed E-state index contributed by atoms with van der Waals surface area (Å²) in [6.45, 7) is 0. The quantitative estimate of drug-likeness (QED) is 0.436. The average molecular weight is 202 g/mol. The van der Waals surface area contributed by atoms with Gasteiger partial charge in [-0.3, -0.25) is 0 Å². The van der Waals surface area contributed by atoms with Crippen LogP contribution in [0.4, 0.5) is 0 Å². The number of phenolic OH excluding ortho intramolecular Hbond substituents is 1. The first-order valence-electron chi connectivity index (χ1n) is 3.43. The van der Waals surface area contributed by atoms with Gasteiger partial charge in [0, 0.05) is 5.56 Å². The highest BCUT2D eigenvalue weighted by atomic mass is 35.5. The molecule has 0 fully saturated rings. The monoisotopic (exact) mass is 201 g/mol. The highest BCUT2D eigenvalue weighted by Gasteiger charge is 2.09. The van der Waals surface area contributed by atoms with Gasteiger partial charge in [-0.25, -0.2) is 0 Å². The predicted molar refractivity (Wildman–Crippen MR) is 49.0 cm³/mol. The Morgan fingerprint density at radius 1 is 1.54 bits per heavy atom. The highest BCUT2D eigenvalue weighted by molar-refractivity contribution is 6.34. The summed E-state index contributed by atoms with van der Waals surface area (Å²) < 4.78 is 4.82. The van der Waals surface area contributed by atoms with E-state index >= 15 is 0 Å². The van der Waals surface area contributed by atoms with Crippen LogP contribution < -0.4 is 4.74 Å². The molecular weight excluding hydrogens is 194 g/mol. The van der Waals surface area contributed by atoms with Crippen molar-refractivity contribution in [3.63, 3.8) is 0 Å². The van der Waals surface area contributed by atoms with E-state index in [4.69, 9.17) is 21.5 Å². The molecule has 70 valence electrons. The maximum atomic E-state index is 9.40. The predicted octanol–water partition coefficient (Wildman–Crippen LogP) is 1.86. The van der Waals surface area contributed by atoms with Gasteiger partial charge in [0.05, 0.1) is 18.3 Å². The van der Waals surface area contributed by atoms with Gasteiger partial charge < -0.3 is 15.1 Å². The average Bonchev–Trinajstić information content (AvgIpc) is 2.14. The van der Waals surface area contributed by atoms with Crippen LogP contribution >= 0.6 is 11.6 Å². The third kappa shape index (κ3) is 1.84. The number of aromatic hydroxyl groups is 1. The molecule has 1 aromatic rings. The first kappa shape index (κ1) is 9.67. The molecule has 0 atom stereocenters. The Kier molecular flexibility index (Phi) is 2.97. The van der Waals surface area contributed by atoms with Gasteiger partial charge in [0.1, 0.15) is 0 Å². The number of oxime groups is 1. The first-order valence-corrected chi connectivity index (χ1v) is 3.81. The molecule has 1 rings (SSSR count). The van der Waals surface area contributed by atoms with Crippen LogP contribution in [0.2, 0.25) is 5.02 Å². The standard InChI is InChI=1S/C8H8ClNO3/c1-13-6-3-2-5(4-10-12)7(9)8(6)11/h2-4,11-12H,1H3/b10-4-. The molecule has 0 aliphatic carbocycles. The number of ether oxygens (including phenoxy) is 1. The molecule has 0 radical (unpaired) electrons. The Labute approximate surface area is 80.0 Å². The maximum absolute atomic E-state index is 9.40. The largest absolute Gasteiger partial charge is 0.503 e. The number of benzene rings is 1. The molecule has 5 heteroatoms. The van der Waals surface area contributed by atoms with Crippen LogP contribution in [0.5, 0.6) is 11.5 Å². The number of methoxy groups -OCH3 is 1. The van der Waals surface area contributed by atoms with Gasteiger partial charge in [0.25, 0.3) is 0 Å². The lowest BCUT2D eigenvalue weighted by Crippen LogP contribution is -1.88. The van der Waals surface area contributed by atoms with E-state index in [1.165, 1.54) is 13.2 Å². The normalized spacial score (nSPS) is 10.6. The van der Waals surface area contributed by atoms with E-state index in [-0.39, 0.29) is 16.5 Å². The Hall–Kier alpha value is -1.42. The third-order valence-electron chi connectivity index (χ3n) is 1.53. The Bertz CT molecular complexity index is 338. The van der Waals surface area contributed by atoms with E-state index in [0.717, 1.165) is 6.21 Å². The second kappa shape index (κ2) is 4.00. The molecule has 2 N–H and O–H groups in total. The molecule has 1 aromatic carbocycles. The van der Waals surface area contributed by atoms with Crippen molar-refractivity contribution in [1.29, 1.82) is 0 Å². The van der Waals surface area contributed by atoms with Gasteiger partial charge in [-0.2, -0.15) is 0 Å². The Morgan fingerprint density at radius 3 is 2.77 bits per heavy atom. The first-order chi connectivity index (χ1) is 6.20. The summed E-state index contributed by atoms with van der Waals surface area (Å²) in [6.07, 6.45) is 1.13. The molecule has 0 amide bonds. The van der Waals surface area contributed by atoms with E-state index in [0.29, 0.717) is 5.56 Å². The van der Waals surface area contributed by atoms with Gasteiger partial charge in [0.2, 0.25) is 0 Å². The lowest BCUT2D eigenvalue weighted by Gasteiger charge is -2.05. The van der Waals surface area contributed by atoms with E-state index in [1.807, 2.05) is 0 Å². The van der Waals surface area contributed by atoms with Crippen molar-refractivity contribution in [2.75, 3.05) is 7.11 Å². The topological polar surface area (TPSA) is 62.0 Å². The molecule has 0 saturated carbocycles. The summed E-state index contributed by atoms with van der Waals surface area (Å²) in [5.74, 6) is 0.113. The SMILES string of the molecule is COc1ccc(/C=N\O)c(Cl)c1O. The number of nitrogens with zero attached hydrogens (tertiary/aromatic N) is 1. The van der Waals surface area contributed by atoms with Crippen LogP contribution in [0.25, 0.3) is 0 Å². The summed E-state index contributed by atoms with van der Waals surface area (Å²) in [5.41, 5.74) is 0.419. The fraction of sp³-hybridized carbons (Fsp3) is 0.125. The minimum atomic E-state index is -0.165. The molecule has 0 aliphatic heterocycles. The molecule has 0 unspecified atom stereocenters. The minimum absolute atomic E-state index is 0.0946. The second-order valence-electron chi connectivity index (χ2n) is 2.26. The maximum Gasteiger partial charge on any atom is 0.177 e. The van der Waals surface area contributed by atoms with Crippen LogP contribution in [0.15, 0.2) is 17.3 Å². The van der Waals surface area contributed by atoms with E-state index in [9.17, 15) is 5.11 Å². The van der Waals surface area contributed by atoms with Crippen LogP contribution in [0.3, 0.4) is 0 Å². The smallest absolute Gasteiger partial charge is 0.177 e. The van der Waals surface area contributed by atoms with Crippen molar-refractivity contribution >= 4 is 17.8 Å². The fourth-order valence-corrected chi connectivity index (χ4v) is 1.09. The fourth-order valence-electron chi connectivity index (χ4n) is 0.889. The highest BCUT2D eigenvalue weighted by Crippen LogP contribution is 2.35. The third-order valence-corrected chi connectivity index (χ3v) is 1.92. The lowest BCUT2D eigenvalue weighted by atomic mass is 10.2. The zero-order chi connectivity index (χ0) is 9.84. The van der Waals surface area contributed by atoms with Crippen LogP contribution in [0, 0.1) is 0 Å².